The summed E-state index contributed by atoms with van der Waals surface area (Å²) in [5.74, 6) is 0.112. The van der Waals surface area contributed by atoms with Crippen LogP contribution in [0.5, 0.6) is 0 Å². The van der Waals surface area contributed by atoms with Gasteiger partial charge in [0.15, 0.2) is 0 Å². The molecule has 128 valence electrons. The molecule has 0 aliphatic carbocycles. The molecule has 2 aromatic carbocycles. The summed E-state index contributed by atoms with van der Waals surface area (Å²) >= 11 is 5.85. The Kier molecular flexibility index (Phi) is 7.63. The Morgan fingerprint density at radius 1 is 1.04 bits per heavy atom. The van der Waals surface area contributed by atoms with E-state index in [9.17, 15) is 4.79 Å². The molecule has 0 radical (unpaired) electrons. The minimum Gasteiger partial charge on any atom is -0.375 e. The normalized spacial score (nSPS) is 10.4. The SMILES string of the molecule is CN(CCCCNC(=O)CCc1ccc(Cl)cc1)c1ccccc1. The van der Waals surface area contributed by atoms with Crippen LogP contribution in [-0.4, -0.2) is 26.0 Å². The van der Waals surface area contributed by atoms with Crippen molar-refractivity contribution in [1.82, 2.24) is 5.32 Å². The zero-order valence-electron chi connectivity index (χ0n) is 14.2. The van der Waals surface area contributed by atoms with Gasteiger partial charge in [-0.2, -0.15) is 0 Å². The highest BCUT2D eigenvalue weighted by Crippen LogP contribution is 2.12. The number of anilines is 1. The van der Waals surface area contributed by atoms with Gasteiger partial charge >= 0.3 is 0 Å². The van der Waals surface area contributed by atoms with Crippen molar-refractivity contribution < 1.29 is 4.79 Å². The van der Waals surface area contributed by atoms with E-state index in [0.717, 1.165) is 42.9 Å². The van der Waals surface area contributed by atoms with Gasteiger partial charge in [0.05, 0.1) is 0 Å². The Bertz CT molecular complexity index is 613. The molecule has 0 bridgehead atoms. The zero-order valence-corrected chi connectivity index (χ0v) is 14.9. The van der Waals surface area contributed by atoms with Crippen molar-refractivity contribution in [3.8, 4) is 0 Å². The fraction of sp³-hybridized carbons (Fsp3) is 0.350. The van der Waals surface area contributed by atoms with Gasteiger partial charge in [-0.3, -0.25) is 4.79 Å². The largest absolute Gasteiger partial charge is 0.375 e. The lowest BCUT2D eigenvalue weighted by Crippen LogP contribution is -2.26. The number of hydrogen-bond donors (Lipinski definition) is 1. The maximum Gasteiger partial charge on any atom is 0.220 e. The number of para-hydroxylation sites is 1. The van der Waals surface area contributed by atoms with E-state index in [1.165, 1.54) is 5.69 Å². The number of carbonyl (C=O) groups is 1. The minimum atomic E-state index is 0.112. The van der Waals surface area contributed by atoms with E-state index >= 15 is 0 Å². The molecular weight excluding hydrogens is 320 g/mol. The molecule has 0 aliphatic rings. The van der Waals surface area contributed by atoms with Crippen LogP contribution in [0.15, 0.2) is 54.6 Å². The van der Waals surface area contributed by atoms with Crippen molar-refractivity contribution in [2.24, 2.45) is 0 Å². The van der Waals surface area contributed by atoms with Crippen LogP contribution in [0.1, 0.15) is 24.8 Å². The second-order valence-corrected chi connectivity index (χ2v) is 6.38. The smallest absolute Gasteiger partial charge is 0.220 e. The number of amides is 1. The molecule has 0 heterocycles. The van der Waals surface area contributed by atoms with Crippen LogP contribution in [0.3, 0.4) is 0 Å². The first kappa shape index (κ1) is 18.3. The van der Waals surface area contributed by atoms with Gasteiger partial charge < -0.3 is 10.2 Å². The van der Waals surface area contributed by atoms with Crippen molar-refractivity contribution in [2.45, 2.75) is 25.7 Å². The van der Waals surface area contributed by atoms with Crippen LogP contribution in [0.2, 0.25) is 5.02 Å². The van der Waals surface area contributed by atoms with Crippen LogP contribution in [0.25, 0.3) is 0 Å². The molecule has 0 aromatic heterocycles. The zero-order chi connectivity index (χ0) is 17.2. The van der Waals surface area contributed by atoms with E-state index in [0.29, 0.717) is 6.42 Å². The number of aryl methyl sites for hydroxylation is 1. The third-order valence-corrected chi connectivity index (χ3v) is 4.25. The van der Waals surface area contributed by atoms with Gasteiger partial charge in [-0.25, -0.2) is 0 Å². The molecule has 3 nitrogen and oxygen atoms in total. The monoisotopic (exact) mass is 344 g/mol. The Morgan fingerprint density at radius 3 is 2.46 bits per heavy atom. The number of hydrogen-bond acceptors (Lipinski definition) is 2. The Morgan fingerprint density at radius 2 is 1.75 bits per heavy atom. The van der Waals surface area contributed by atoms with E-state index in [1.54, 1.807) is 0 Å². The van der Waals surface area contributed by atoms with E-state index in [-0.39, 0.29) is 5.91 Å². The van der Waals surface area contributed by atoms with Gasteiger partial charge in [-0.1, -0.05) is 41.9 Å². The predicted octanol–water partition coefficient (Wildman–Crippen LogP) is 4.31. The number of carbonyl (C=O) groups excluding carboxylic acids is 1. The van der Waals surface area contributed by atoms with Gasteiger partial charge in [0.2, 0.25) is 5.91 Å². The van der Waals surface area contributed by atoms with E-state index in [1.807, 2.05) is 42.5 Å². The Labute approximate surface area is 149 Å². The van der Waals surface area contributed by atoms with Crippen molar-refractivity contribution in [1.29, 1.82) is 0 Å². The van der Waals surface area contributed by atoms with Crippen molar-refractivity contribution in [3.63, 3.8) is 0 Å². The van der Waals surface area contributed by atoms with Crippen molar-refractivity contribution in [2.75, 3.05) is 25.0 Å². The molecule has 0 fully saturated rings. The lowest BCUT2D eigenvalue weighted by Gasteiger charge is -2.19. The fourth-order valence-corrected chi connectivity index (χ4v) is 2.64. The summed E-state index contributed by atoms with van der Waals surface area (Å²) in [6.07, 6.45) is 3.32. The first-order valence-electron chi connectivity index (χ1n) is 8.42. The van der Waals surface area contributed by atoms with Crippen LogP contribution in [-0.2, 0) is 11.2 Å². The Balaban J connectivity index is 1.55. The molecule has 0 saturated carbocycles. The predicted molar refractivity (Wildman–Crippen MR) is 102 cm³/mol. The highest BCUT2D eigenvalue weighted by Gasteiger charge is 2.03. The van der Waals surface area contributed by atoms with Crippen molar-refractivity contribution >= 4 is 23.2 Å². The van der Waals surface area contributed by atoms with Crippen LogP contribution in [0.4, 0.5) is 5.69 Å². The molecule has 0 unspecified atom stereocenters. The average Bonchev–Trinajstić information content (AvgIpc) is 2.61. The van der Waals surface area contributed by atoms with Gasteiger partial charge in [0, 0.05) is 37.3 Å². The molecule has 2 rings (SSSR count). The van der Waals surface area contributed by atoms with Gasteiger partial charge in [0.25, 0.3) is 0 Å². The molecule has 2 aromatic rings. The highest BCUT2D eigenvalue weighted by molar-refractivity contribution is 6.30. The standard InChI is InChI=1S/C20H25ClN2O/c1-23(19-7-3-2-4-8-19)16-6-5-15-22-20(24)14-11-17-9-12-18(21)13-10-17/h2-4,7-10,12-13H,5-6,11,14-16H2,1H3,(H,22,24). The molecule has 0 aliphatic heterocycles. The summed E-state index contributed by atoms with van der Waals surface area (Å²) in [6, 6.07) is 18.0. The van der Waals surface area contributed by atoms with Crippen LogP contribution in [0, 0.1) is 0 Å². The number of halogens is 1. The number of rotatable bonds is 9. The summed E-state index contributed by atoms with van der Waals surface area (Å²) in [6.45, 7) is 1.73. The summed E-state index contributed by atoms with van der Waals surface area (Å²) < 4.78 is 0. The highest BCUT2D eigenvalue weighted by atomic mass is 35.5. The Hall–Kier alpha value is -2.00. The number of nitrogens with one attached hydrogen (secondary N) is 1. The summed E-state index contributed by atoms with van der Waals surface area (Å²) in [7, 11) is 2.10. The van der Waals surface area contributed by atoms with Gasteiger partial charge in [-0.05, 0) is 49.1 Å². The second-order valence-electron chi connectivity index (χ2n) is 5.94. The van der Waals surface area contributed by atoms with Crippen LogP contribution < -0.4 is 10.2 Å². The first-order valence-corrected chi connectivity index (χ1v) is 8.80. The molecule has 1 N–H and O–H groups in total. The molecule has 4 heteroatoms. The molecule has 0 saturated heterocycles. The number of nitrogens with zero attached hydrogens (tertiary/aromatic N) is 1. The third-order valence-electron chi connectivity index (χ3n) is 3.99. The van der Waals surface area contributed by atoms with Crippen molar-refractivity contribution in [3.05, 3.63) is 65.2 Å². The fourth-order valence-electron chi connectivity index (χ4n) is 2.51. The van der Waals surface area contributed by atoms with Crippen LogP contribution >= 0.6 is 11.6 Å². The number of benzene rings is 2. The summed E-state index contributed by atoms with van der Waals surface area (Å²) in [5.41, 5.74) is 2.36. The van der Waals surface area contributed by atoms with E-state index in [4.69, 9.17) is 11.6 Å². The maximum absolute atomic E-state index is 11.9. The van der Waals surface area contributed by atoms with Gasteiger partial charge in [-0.15, -0.1) is 0 Å². The molecule has 0 spiro atoms. The maximum atomic E-state index is 11.9. The third kappa shape index (κ3) is 6.63. The molecular formula is C20H25ClN2O. The second kappa shape index (κ2) is 9.99. The number of unbranched alkanes of at least 4 members (excludes halogenated alkanes) is 1. The average molecular weight is 345 g/mol. The molecule has 0 atom stereocenters. The first-order chi connectivity index (χ1) is 11.6. The van der Waals surface area contributed by atoms with E-state index < -0.39 is 0 Å². The van der Waals surface area contributed by atoms with E-state index in [2.05, 4.69) is 29.4 Å². The topological polar surface area (TPSA) is 32.3 Å². The molecule has 1 amide bonds. The minimum absolute atomic E-state index is 0.112. The lowest BCUT2D eigenvalue weighted by atomic mass is 10.1. The molecule has 24 heavy (non-hydrogen) atoms. The van der Waals surface area contributed by atoms with Gasteiger partial charge in [0.1, 0.15) is 0 Å². The lowest BCUT2D eigenvalue weighted by molar-refractivity contribution is -0.121. The quantitative estimate of drug-likeness (QED) is 0.688. The summed E-state index contributed by atoms with van der Waals surface area (Å²) in [4.78, 5) is 14.1. The summed E-state index contributed by atoms with van der Waals surface area (Å²) in [5, 5.41) is 3.72.